The van der Waals surface area contributed by atoms with Gasteiger partial charge in [-0.1, -0.05) is 50.5 Å². The molecule has 0 radical (unpaired) electrons. The van der Waals surface area contributed by atoms with E-state index in [1.165, 1.54) is 7.11 Å². The molecule has 0 aromatic heterocycles. The van der Waals surface area contributed by atoms with Gasteiger partial charge < -0.3 is 9.84 Å². The van der Waals surface area contributed by atoms with Gasteiger partial charge in [-0.2, -0.15) is 0 Å². The van der Waals surface area contributed by atoms with Gasteiger partial charge in [-0.15, -0.1) is 0 Å². The molecule has 1 rings (SSSR count). The standard InChI is InChI=1S/C15H24O3Si/c1-6-19(7-2,8-3)13-10-11(4)9-12(14(13)16)15(17)18-5/h9-10,16H,6-8H2,1-5H3. The molecule has 0 atom stereocenters. The number of carbonyl (C=O) groups excluding carboxylic acids is 1. The fourth-order valence-corrected chi connectivity index (χ4v) is 6.58. The van der Waals surface area contributed by atoms with Crippen molar-refractivity contribution in [3.8, 4) is 5.75 Å². The van der Waals surface area contributed by atoms with E-state index >= 15 is 0 Å². The first-order valence-corrected chi connectivity index (χ1v) is 9.50. The molecule has 0 fully saturated rings. The maximum absolute atomic E-state index is 11.8. The smallest absolute Gasteiger partial charge is 0.341 e. The van der Waals surface area contributed by atoms with Gasteiger partial charge in [0, 0.05) is 0 Å². The van der Waals surface area contributed by atoms with Gasteiger partial charge in [0.05, 0.1) is 15.2 Å². The summed E-state index contributed by atoms with van der Waals surface area (Å²) in [6.07, 6.45) is 0. The lowest BCUT2D eigenvalue weighted by Gasteiger charge is -2.30. The number of phenols is 1. The average molecular weight is 280 g/mol. The highest BCUT2D eigenvalue weighted by molar-refractivity contribution is 6.92. The van der Waals surface area contributed by atoms with Crippen LogP contribution in [0.2, 0.25) is 18.1 Å². The summed E-state index contributed by atoms with van der Waals surface area (Å²) < 4.78 is 4.76. The summed E-state index contributed by atoms with van der Waals surface area (Å²) in [5.74, 6) is -0.330. The molecule has 0 unspecified atom stereocenters. The number of hydrogen-bond acceptors (Lipinski definition) is 3. The minimum atomic E-state index is -1.72. The molecule has 0 heterocycles. The number of phenolic OH excluding ortho intramolecular Hbond substituents is 1. The number of aryl methyl sites for hydroxylation is 1. The monoisotopic (exact) mass is 280 g/mol. The Labute approximate surface area is 116 Å². The Hall–Kier alpha value is -1.29. The van der Waals surface area contributed by atoms with Crippen LogP contribution in [-0.4, -0.2) is 26.3 Å². The zero-order chi connectivity index (χ0) is 14.6. The Morgan fingerprint density at radius 3 is 2.16 bits per heavy atom. The molecule has 106 valence electrons. The van der Waals surface area contributed by atoms with E-state index in [4.69, 9.17) is 4.74 Å². The van der Waals surface area contributed by atoms with Crippen LogP contribution in [0.4, 0.5) is 0 Å². The zero-order valence-corrected chi connectivity index (χ0v) is 13.5. The van der Waals surface area contributed by atoms with Crippen molar-refractivity contribution in [1.29, 1.82) is 0 Å². The first kappa shape index (κ1) is 15.8. The van der Waals surface area contributed by atoms with Crippen molar-refractivity contribution >= 4 is 19.2 Å². The van der Waals surface area contributed by atoms with Crippen LogP contribution in [0.5, 0.6) is 5.75 Å². The second-order valence-electron chi connectivity index (χ2n) is 5.04. The van der Waals surface area contributed by atoms with Crippen molar-refractivity contribution in [2.45, 2.75) is 45.8 Å². The van der Waals surface area contributed by atoms with E-state index in [2.05, 4.69) is 20.8 Å². The maximum Gasteiger partial charge on any atom is 0.341 e. The Morgan fingerprint density at radius 2 is 1.74 bits per heavy atom. The molecule has 1 aromatic carbocycles. The van der Waals surface area contributed by atoms with Crippen molar-refractivity contribution in [2.24, 2.45) is 0 Å². The van der Waals surface area contributed by atoms with Crippen LogP contribution in [0.25, 0.3) is 0 Å². The Balaban J connectivity index is 3.51. The van der Waals surface area contributed by atoms with E-state index < -0.39 is 14.0 Å². The number of methoxy groups -OCH3 is 1. The molecule has 0 aliphatic carbocycles. The third-order valence-corrected chi connectivity index (χ3v) is 9.85. The second-order valence-corrected chi connectivity index (χ2v) is 10.3. The van der Waals surface area contributed by atoms with Crippen molar-refractivity contribution in [3.63, 3.8) is 0 Å². The van der Waals surface area contributed by atoms with Crippen LogP contribution >= 0.6 is 0 Å². The van der Waals surface area contributed by atoms with Crippen LogP contribution in [0.15, 0.2) is 12.1 Å². The second kappa shape index (κ2) is 6.24. The molecular weight excluding hydrogens is 256 g/mol. The van der Waals surface area contributed by atoms with Gasteiger partial charge in [0.2, 0.25) is 0 Å². The molecule has 0 aliphatic heterocycles. The first-order chi connectivity index (χ1) is 8.95. The Bertz CT molecular complexity index is 456. The summed E-state index contributed by atoms with van der Waals surface area (Å²) in [4.78, 5) is 11.8. The first-order valence-electron chi connectivity index (χ1n) is 6.88. The van der Waals surface area contributed by atoms with Crippen molar-refractivity contribution < 1.29 is 14.6 Å². The highest BCUT2D eigenvalue weighted by atomic mass is 28.3. The van der Waals surface area contributed by atoms with E-state index in [-0.39, 0.29) is 5.75 Å². The summed E-state index contributed by atoms with van der Waals surface area (Å²) in [6, 6.07) is 6.95. The SMILES string of the molecule is CC[Si](CC)(CC)c1cc(C)cc(C(=O)OC)c1O. The number of aromatic hydroxyl groups is 1. The van der Waals surface area contributed by atoms with Gasteiger partial charge in [0.25, 0.3) is 0 Å². The topological polar surface area (TPSA) is 46.5 Å². The van der Waals surface area contributed by atoms with E-state index in [0.717, 1.165) is 28.9 Å². The van der Waals surface area contributed by atoms with E-state index in [1.807, 2.05) is 13.0 Å². The molecule has 1 N–H and O–H groups in total. The number of esters is 1. The highest BCUT2D eigenvalue weighted by Crippen LogP contribution is 2.28. The molecule has 0 aliphatic rings. The molecule has 19 heavy (non-hydrogen) atoms. The van der Waals surface area contributed by atoms with Gasteiger partial charge in [0.15, 0.2) is 0 Å². The predicted octanol–water partition coefficient (Wildman–Crippen LogP) is 3.20. The number of ether oxygens (including phenoxy) is 1. The van der Waals surface area contributed by atoms with Crippen LogP contribution in [0.1, 0.15) is 36.7 Å². The van der Waals surface area contributed by atoms with Crippen LogP contribution in [0.3, 0.4) is 0 Å². The van der Waals surface area contributed by atoms with Gasteiger partial charge in [0.1, 0.15) is 11.3 Å². The lowest BCUT2D eigenvalue weighted by atomic mass is 10.1. The number of benzene rings is 1. The summed E-state index contributed by atoms with van der Waals surface area (Å²) in [5, 5.41) is 11.5. The van der Waals surface area contributed by atoms with Crippen LogP contribution in [-0.2, 0) is 4.74 Å². The lowest BCUT2D eigenvalue weighted by molar-refractivity contribution is 0.0597. The molecular formula is C15H24O3Si. The van der Waals surface area contributed by atoms with E-state index in [1.54, 1.807) is 6.07 Å². The Kier molecular flexibility index (Phi) is 5.17. The Morgan fingerprint density at radius 1 is 1.21 bits per heavy atom. The maximum atomic E-state index is 11.8. The van der Waals surface area contributed by atoms with E-state index in [9.17, 15) is 9.90 Å². The summed E-state index contributed by atoms with van der Waals surface area (Å²) >= 11 is 0. The normalized spacial score (nSPS) is 11.4. The summed E-state index contributed by atoms with van der Waals surface area (Å²) in [6.45, 7) is 8.49. The molecule has 3 nitrogen and oxygen atoms in total. The molecule has 0 spiro atoms. The van der Waals surface area contributed by atoms with Crippen LogP contribution in [0, 0.1) is 6.92 Å². The fraction of sp³-hybridized carbons (Fsp3) is 0.533. The van der Waals surface area contributed by atoms with E-state index in [0.29, 0.717) is 5.56 Å². The third kappa shape index (κ3) is 2.83. The van der Waals surface area contributed by atoms with Crippen molar-refractivity contribution in [3.05, 3.63) is 23.3 Å². The van der Waals surface area contributed by atoms with Gasteiger partial charge >= 0.3 is 5.97 Å². The summed E-state index contributed by atoms with van der Waals surface area (Å²) in [7, 11) is -0.376. The molecule has 4 heteroatoms. The fourth-order valence-electron chi connectivity index (χ4n) is 2.77. The van der Waals surface area contributed by atoms with Gasteiger partial charge in [-0.25, -0.2) is 4.79 Å². The zero-order valence-electron chi connectivity index (χ0n) is 12.5. The molecule has 0 saturated carbocycles. The highest BCUT2D eigenvalue weighted by Gasteiger charge is 2.33. The number of hydrogen-bond donors (Lipinski definition) is 1. The summed E-state index contributed by atoms with van der Waals surface area (Å²) in [5.41, 5.74) is 1.30. The number of carbonyl (C=O) groups is 1. The quantitative estimate of drug-likeness (QED) is 0.665. The number of rotatable bonds is 5. The minimum absolute atomic E-state index is 0.134. The predicted molar refractivity (Wildman–Crippen MR) is 81.0 cm³/mol. The largest absolute Gasteiger partial charge is 0.507 e. The lowest BCUT2D eigenvalue weighted by Crippen LogP contribution is -2.46. The van der Waals surface area contributed by atoms with Crippen molar-refractivity contribution in [2.75, 3.05) is 7.11 Å². The van der Waals surface area contributed by atoms with Crippen molar-refractivity contribution in [1.82, 2.24) is 0 Å². The molecule has 0 saturated heterocycles. The minimum Gasteiger partial charge on any atom is -0.507 e. The molecule has 0 bridgehead atoms. The van der Waals surface area contributed by atoms with Gasteiger partial charge in [-0.05, 0) is 18.2 Å². The van der Waals surface area contributed by atoms with Gasteiger partial charge in [-0.3, -0.25) is 0 Å². The molecule has 0 amide bonds. The third-order valence-electron chi connectivity index (χ3n) is 4.26. The average Bonchev–Trinajstić information content (AvgIpc) is 2.43. The van der Waals surface area contributed by atoms with Crippen LogP contribution < -0.4 is 5.19 Å². The molecule has 1 aromatic rings.